The number of carbonyl (C=O) groups is 1. The lowest BCUT2D eigenvalue weighted by Gasteiger charge is -2.32. The molecule has 26 heavy (non-hydrogen) atoms. The van der Waals surface area contributed by atoms with Crippen LogP contribution < -0.4 is 10.2 Å². The first kappa shape index (κ1) is 17.4. The van der Waals surface area contributed by atoms with E-state index in [1.165, 1.54) is 24.3 Å². The summed E-state index contributed by atoms with van der Waals surface area (Å²) in [5.74, 6) is -5.71. The SMILES string of the molecule is CC(=O)NOC1(O)C=C(c2ccc(O)cc2)Oc2c1cc(O)c(O)c2O. The molecule has 0 spiro atoms. The van der Waals surface area contributed by atoms with Crippen molar-refractivity contribution < 1.29 is 39.9 Å². The molecule has 1 aliphatic heterocycles. The topological polar surface area (TPSA) is 149 Å². The number of nitrogens with one attached hydrogen (secondary N) is 1. The van der Waals surface area contributed by atoms with Gasteiger partial charge in [-0.05, 0) is 30.3 Å². The zero-order valence-corrected chi connectivity index (χ0v) is 13.4. The van der Waals surface area contributed by atoms with Crippen molar-refractivity contribution in [1.82, 2.24) is 5.48 Å². The Bertz CT molecular complexity index is 906. The number of amides is 1. The molecule has 1 atom stereocenters. The van der Waals surface area contributed by atoms with Crippen molar-refractivity contribution in [3.63, 3.8) is 0 Å². The Morgan fingerprint density at radius 3 is 2.38 bits per heavy atom. The predicted molar refractivity (Wildman–Crippen MR) is 86.9 cm³/mol. The van der Waals surface area contributed by atoms with Crippen molar-refractivity contribution in [3.8, 4) is 28.7 Å². The van der Waals surface area contributed by atoms with E-state index in [0.29, 0.717) is 5.56 Å². The summed E-state index contributed by atoms with van der Waals surface area (Å²) >= 11 is 0. The summed E-state index contributed by atoms with van der Waals surface area (Å²) in [4.78, 5) is 16.2. The van der Waals surface area contributed by atoms with E-state index in [0.717, 1.165) is 19.1 Å². The molecule has 0 fully saturated rings. The zero-order chi connectivity index (χ0) is 19.1. The highest BCUT2D eigenvalue weighted by Crippen LogP contribution is 2.52. The van der Waals surface area contributed by atoms with Gasteiger partial charge in [0.15, 0.2) is 11.5 Å². The van der Waals surface area contributed by atoms with Crippen LogP contribution in [-0.2, 0) is 15.4 Å². The zero-order valence-electron chi connectivity index (χ0n) is 13.4. The molecule has 0 saturated heterocycles. The maximum absolute atomic E-state index is 11.2. The van der Waals surface area contributed by atoms with Crippen molar-refractivity contribution in [3.05, 3.63) is 47.5 Å². The van der Waals surface area contributed by atoms with Crippen molar-refractivity contribution in [2.45, 2.75) is 12.7 Å². The van der Waals surface area contributed by atoms with E-state index < -0.39 is 28.9 Å². The van der Waals surface area contributed by atoms with Gasteiger partial charge in [-0.3, -0.25) is 4.79 Å². The summed E-state index contributed by atoms with van der Waals surface area (Å²) in [7, 11) is 0. The van der Waals surface area contributed by atoms with Gasteiger partial charge in [0.1, 0.15) is 11.5 Å². The van der Waals surface area contributed by atoms with Gasteiger partial charge in [-0.25, -0.2) is 10.3 Å². The molecule has 0 aliphatic carbocycles. The number of benzene rings is 2. The minimum absolute atomic E-state index is 0.000677. The van der Waals surface area contributed by atoms with E-state index in [1.54, 1.807) is 0 Å². The fraction of sp³-hybridized carbons (Fsp3) is 0.118. The lowest BCUT2D eigenvalue weighted by molar-refractivity contribution is -0.217. The summed E-state index contributed by atoms with van der Waals surface area (Å²) < 4.78 is 5.53. The Morgan fingerprint density at radius 1 is 1.12 bits per heavy atom. The van der Waals surface area contributed by atoms with Crippen LogP contribution in [0.25, 0.3) is 5.76 Å². The second-order valence-electron chi connectivity index (χ2n) is 5.58. The minimum Gasteiger partial charge on any atom is -0.508 e. The van der Waals surface area contributed by atoms with E-state index in [2.05, 4.69) is 0 Å². The molecule has 1 heterocycles. The molecular formula is C17H15NO8. The highest BCUT2D eigenvalue weighted by atomic mass is 16.7. The van der Waals surface area contributed by atoms with Crippen molar-refractivity contribution in [2.24, 2.45) is 0 Å². The quantitative estimate of drug-likeness (QED) is 0.271. The van der Waals surface area contributed by atoms with Crippen molar-refractivity contribution >= 4 is 11.7 Å². The van der Waals surface area contributed by atoms with Gasteiger partial charge in [0.05, 0.1) is 5.56 Å². The van der Waals surface area contributed by atoms with Gasteiger partial charge in [-0.15, -0.1) is 0 Å². The van der Waals surface area contributed by atoms with Gasteiger partial charge in [-0.1, -0.05) is 0 Å². The molecule has 0 bridgehead atoms. The maximum Gasteiger partial charge on any atom is 0.244 e. The number of hydrogen-bond donors (Lipinski definition) is 6. The molecule has 6 N–H and O–H groups in total. The van der Waals surface area contributed by atoms with Crippen LogP contribution in [-0.4, -0.2) is 31.4 Å². The molecule has 2 aromatic carbocycles. The summed E-state index contributed by atoms with van der Waals surface area (Å²) in [6.45, 7) is 1.15. The number of aromatic hydroxyl groups is 4. The van der Waals surface area contributed by atoms with E-state index in [9.17, 15) is 30.3 Å². The molecule has 3 rings (SSSR count). The van der Waals surface area contributed by atoms with Crippen LogP contribution in [0.2, 0.25) is 0 Å². The number of carbonyl (C=O) groups excluding carboxylic acids is 1. The molecular weight excluding hydrogens is 346 g/mol. The Labute approximate surface area is 146 Å². The molecule has 0 radical (unpaired) electrons. The van der Waals surface area contributed by atoms with E-state index in [-0.39, 0.29) is 22.8 Å². The monoisotopic (exact) mass is 361 g/mol. The molecule has 1 aliphatic rings. The van der Waals surface area contributed by atoms with Crippen LogP contribution in [0.15, 0.2) is 36.4 Å². The van der Waals surface area contributed by atoms with Gasteiger partial charge in [0.25, 0.3) is 0 Å². The van der Waals surface area contributed by atoms with Crippen LogP contribution in [0.3, 0.4) is 0 Å². The van der Waals surface area contributed by atoms with E-state index >= 15 is 0 Å². The summed E-state index contributed by atoms with van der Waals surface area (Å²) in [5.41, 5.74) is 2.12. The first-order chi connectivity index (χ1) is 12.2. The number of rotatable bonds is 3. The minimum atomic E-state index is -2.32. The lowest BCUT2D eigenvalue weighted by atomic mass is 9.98. The third-order valence-electron chi connectivity index (χ3n) is 3.63. The predicted octanol–water partition coefficient (Wildman–Crippen LogP) is 1.16. The molecule has 2 aromatic rings. The summed E-state index contributed by atoms with van der Waals surface area (Å²) in [6.07, 6.45) is 1.09. The van der Waals surface area contributed by atoms with E-state index in [1.807, 2.05) is 5.48 Å². The van der Waals surface area contributed by atoms with Crippen LogP contribution in [0.5, 0.6) is 28.7 Å². The van der Waals surface area contributed by atoms with Crippen molar-refractivity contribution in [1.29, 1.82) is 0 Å². The van der Waals surface area contributed by atoms with Gasteiger partial charge in [0, 0.05) is 18.6 Å². The number of fused-ring (bicyclic) bond motifs is 1. The Hall–Kier alpha value is -3.43. The van der Waals surface area contributed by atoms with Crippen LogP contribution in [0, 0.1) is 0 Å². The standard InChI is InChI=1S/C17H15NO8/c1-8(19)18-26-17(24)7-13(9-2-4-10(20)5-3-9)25-16-11(17)6-12(21)14(22)15(16)23/h2-7,20-24H,1H3,(H,18,19). The van der Waals surface area contributed by atoms with Crippen LogP contribution in [0.4, 0.5) is 0 Å². The third-order valence-corrected chi connectivity index (χ3v) is 3.63. The molecule has 136 valence electrons. The summed E-state index contributed by atoms with van der Waals surface area (Å²) in [6, 6.07) is 6.62. The average Bonchev–Trinajstić information content (AvgIpc) is 2.60. The number of hydroxylamine groups is 1. The first-order valence-electron chi connectivity index (χ1n) is 7.36. The second-order valence-corrected chi connectivity index (χ2v) is 5.58. The average molecular weight is 361 g/mol. The molecule has 0 saturated carbocycles. The number of hydrogen-bond acceptors (Lipinski definition) is 8. The van der Waals surface area contributed by atoms with E-state index in [4.69, 9.17) is 9.57 Å². The molecule has 1 unspecified atom stereocenters. The number of ether oxygens (including phenoxy) is 1. The number of phenols is 4. The maximum atomic E-state index is 11.2. The van der Waals surface area contributed by atoms with Gasteiger partial charge >= 0.3 is 0 Å². The third kappa shape index (κ3) is 2.96. The Balaban J connectivity index is 2.16. The number of aliphatic hydroxyl groups is 1. The van der Waals surface area contributed by atoms with Crippen LogP contribution in [0.1, 0.15) is 18.1 Å². The highest BCUT2D eigenvalue weighted by Gasteiger charge is 2.41. The fourth-order valence-electron chi connectivity index (χ4n) is 2.39. The largest absolute Gasteiger partial charge is 0.508 e. The fourth-order valence-corrected chi connectivity index (χ4v) is 2.39. The molecule has 1 amide bonds. The van der Waals surface area contributed by atoms with Gasteiger partial charge in [-0.2, -0.15) is 0 Å². The van der Waals surface area contributed by atoms with Gasteiger partial charge in [0.2, 0.25) is 23.2 Å². The number of phenolic OH excluding ortho intramolecular Hbond substituents is 4. The summed E-state index contributed by atoms with van der Waals surface area (Å²) in [5, 5.41) is 49.8. The Kier molecular flexibility index (Phi) is 4.10. The normalized spacial score (nSPS) is 18.5. The first-order valence-corrected chi connectivity index (χ1v) is 7.36. The molecule has 9 heteroatoms. The smallest absolute Gasteiger partial charge is 0.244 e. The van der Waals surface area contributed by atoms with Crippen molar-refractivity contribution in [2.75, 3.05) is 0 Å². The second kappa shape index (κ2) is 6.14. The van der Waals surface area contributed by atoms with Gasteiger partial charge < -0.3 is 30.3 Å². The van der Waals surface area contributed by atoms with Crippen LogP contribution >= 0.6 is 0 Å². The lowest BCUT2D eigenvalue weighted by Crippen LogP contribution is -2.38. The molecule has 0 aromatic heterocycles. The Morgan fingerprint density at radius 2 is 1.77 bits per heavy atom. The highest BCUT2D eigenvalue weighted by molar-refractivity contribution is 5.73. The molecule has 9 nitrogen and oxygen atoms in total.